The lowest BCUT2D eigenvalue weighted by Gasteiger charge is -2.34. The molecule has 118 valence electrons. The molecular formula is C11H14F6O3. The van der Waals surface area contributed by atoms with E-state index in [-0.39, 0.29) is 19.8 Å². The molecule has 0 spiro atoms. The van der Waals surface area contributed by atoms with E-state index >= 15 is 0 Å². The standard InChI is InChI=1S/C11H14F6O3/c1-9(10(12,13)14,11(15,16)17)8(19)20-7-4-2-3-6(18)5-7/h6-7,18H,2-5H2,1H3. The predicted octanol–water partition coefficient (Wildman–Crippen LogP) is 2.96. The lowest BCUT2D eigenvalue weighted by atomic mass is 9.88. The van der Waals surface area contributed by atoms with Crippen molar-refractivity contribution in [2.45, 2.75) is 57.2 Å². The Morgan fingerprint density at radius 2 is 1.60 bits per heavy atom. The molecular weight excluding hydrogens is 294 g/mol. The van der Waals surface area contributed by atoms with Crippen molar-refractivity contribution in [3.05, 3.63) is 0 Å². The molecule has 0 aromatic rings. The van der Waals surface area contributed by atoms with Crippen molar-refractivity contribution < 1.29 is 41.0 Å². The van der Waals surface area contributed by atoms with Crippen LogP contribution in [0, 0.1) is 5.41 Å². The van der Waals surface area contributed by atoms with Crippen LogP contribution in [0.3, 0.4) is 0 Å². The minimum Gasteiger partial charge on any atom is -0.461 e. The summed E-state index contributed by atoms with van der Waals surface area (Å²) in [7, 11) is 0. The molecule has 1 N–H and O–H groups in total. The van der Waals surface area contributed by atoms with Crippen LogP contribution in [0.15, 0.2) is 0 Å². The number of aliphatic hydroxyl groups is 1. The van der Waals surface area contributed by atoms with Gasteiger partial charge in [0.05, 0.1) is 6.10 Å². The summed E-state index contributed by atoms with van der Waals surface area (Å²) in [4.78, 5) is 11.4. The van der Waals surface area contributed by atoms with Crippen molar-refractivity contribution in [1.82, 2.24) is 0 Å². The summed E-state index contributed by atoms with van der Waals surface area (Å²) in [6, 6.07) is 0. The van der Waals surface area contributed by atoms with Crippen molar-refractivity contribution in [2.24, 2.45) is 5.41 Å². The maximum absolute atomic E-state index is 12.6. The molecule has 0 amide bonds. The third-order valence-corrected chi connectivity index (χ3v) is 3.41. The Hall–Kier alpha value is -0.990. The normalized spacial score (nSPS) is 25.4. The number of ether oxygens (including phenoxy) is 1. The molecule has 1 aliphatic rings. The van der Waals surface area contributed by atoms with E-state index in [2.05, 4.69) is 4.74 Å². The first-order valence-corrected chi connectivity index (χ1v) is 5.92. The SMILES string of the molecule is CC(C(=O)OC1CCCC(O)C1)(C(F)(F)F)C(F)(F)F. The molecule has 0 radical (unpaired) electrons. The van der Waals surface area contributed by atoms with Crippen LogP contribution < -0.4 is 0 Å². The molecule has 2 unspecified atom stereocenters. The molecule has 3 nitrogen and oxygen atoms in total. The van der Waals surface area contributed by atoms with Gasteiger partial charge in [-0.2, -0.15) is 26.3 Å². The zero-order valence-corrected chi connectivity index (χ0v) is 10.5. The van der Waals surface area contributed by atoms with Crippen LogP contribution in [0.25, 0.3) is 0 Å². The summed E-state index contributed by atoms with van der Waals surface area (Å²) < 4.78 is 80.0. The predicted molar refractivity (Wildman–Crippen MR) is 54.6 cm³/mol. The average Bonchev–Trinajstić information content (AvgIpc) is 2.24. The maximum Gasteiger partial charge on any atom is 0.413 e. The third-order valence-electron chi connectivity index (χ3n) is 3.41. The van der Waals surface area contributed by atoms with Crippen molar-refractivity contribution in [1.29, 1.82) is 0 Å². The fourth-order valence-corrected chi connectivity index (χ4v) is 1.89. The molecule has 1 fully saturated rings. The van der Waals surface area contributed by atoms with Gasteiger partial charge < -0.3 is 9.84 Å². The van der Waals surface area contributed by atoms with Gasteiger partial charge in [-0.25, -0.2) is 0 Å². The minimum atomic E-state index is -5.81. The largest absolute Gasteiger partial charge is 0.461 e. The zero-order valence-electron chi connectivity index (χ0n) is 10.5. The Bertz CT molecular complexity index is 348. The number of alkyl halides is 6. The first-order chi connectivity index (χ1) is 8.89. The number of rotatable bonds is 2. The van der Waals surface area contributed by atoms with Gasteiger partial charge in [0.2, 0.25) is 0 Å². The van der Waals surface area contributed by atoms with Gasteiger partial charge >= 0.3 is 18.3 Å². The summed E-state index contributed by atoms with van der Waals surface area (Å²) in [5.74, 6) is -2.38. The smallest absolute Gasteiger partial charge is 0.413 e. The number of halogens is 6. The van der Waals surface area contributed by atoms with Gasteiger partial charge in [0, 0.05) is 6.42 Å². The molecule has 9 heteroatoms. The van der Waals surface area contributed by atoms with E-state index in [9.17, 15) is 36.2 Å². The molecule has 20 heavy (non-hydrogen) atoms. The maximum atomic E-state index is 12.6. The average molecular weight is 308 g/mol. The molecule has 0 aliphatic heterocycles. The summed E-state index contributed by atoms with van der Waals surface area (Å²) in [6.07, 6.45) is -12.9. The highest BCUT2D eigenvalue weighted by Crippen LogP contribution is 2.51. The Balaban J connectivity index is 2.90. The lowest BCUT2D eigenvalue weighted by molar-refractivity contribution is -0.327. The molecule has 2 atom stereocenters. The van der Waals surface area contributed by atoms with E-state index in [0.717, 1.165) is 0 Å². The first-order valence-electron chi connectivity index (χ1n) is 5.92. The van der Waals surface area contributed by atoms with E-state index in [1.807, 2.05) is 0 Å². The zero-order chi connectivity index (χ0) is 15.8. The van der Waals surface area contributed by atoms with Crippen LogP contribution in [-0.2, 0) is 9.53 Å². The molecule has 1 rings (SSSR count). The number of carbonyl (C=O) groups excluding carboxylic acids is 1. The fraction of sp³-hybridized carbons (Fsp3) is 0.909. The van der Waals surface area contributed by atoms with Gasteiger partial charge in [0.1, 0.15) is 6.10 Å². The molecule has 0 aromatic carbocycles. The van der Waals surface area contributed by atoms with Gasteiger partial charge in [0.15, 0.2) is 0 Å². The number of hydrogen-bond donors (Lipinski definition) is 1. The van der Waals surface area contributed by atoms with Gasteiger partial charge in [-0.1, -0.05) is 0 Å². The highest BCUT2D eigenvalue weighted by molar-refractivity contribution is 5.78. The van der Waals surface area contributed by atoms with Crippen molar-refractivity contribution in [3.63, 3.8) is 0 Å². The summed E-state index contributed by atoms with van der Waals surface area (Å²) >= 11 is 0. The van der Waals surface area contributed by atoms with Crippen molar-refractivity contribution >= 4 is 5.97 Å². The molecule has 1 saturated carbocycles. The third kappa shape index (κ3) is 3.18. The van der Waals surface area contributed by atoms with Crippen LogP contribution in [-0.4, -0.2) is 35.6 Å². The van der Waals surface area contributed by atoms with Crippen molar-refractivity contribution in [3.8, 4) is 0 Å². The summed E-state index contributed by atoms with van der Waals surface area (Å²) in [5, 5.41) is 9.28. The fourth-order valence-electron chi connectivity index (χ4n) is 1.89. The second-order valence-corrected chi connectivity index (χ2v) is 4.97. The van der Waals surface area contributed by atoms with Gasteiger partial charge in [0.25, 0.3) is 5.41 Å². The second kappa shape index (κ2) is 5.42. The summed E-state index contributed by atoms with van der Waals surface area (Å²) in [6.45, 7) is -0.241. The van der Waals surface area contributed by atoms with E-state index < -0.39 is 35.9 Å². The van der Waals surface area contributed by atoms with Crippen LogP contribution >= 0.6 is 0 Å². The first kappa shape index (κ1) is 17.1. The lowest BCUT2D eigenvalue weighted by Crippen LogP contribution is -2.55. The quantitative estimate of drug-likeness (QED) is 0.630. The number of aliphatic hydroxyl groups excluding tert-OH is 1. The summed E-state index contributed by atoms with van der Waals surface area (Å²) in [5.41, 5.74) is -4.57. The topological polar surface area (TPSA) is 46.5 Å². The molecule has 0 bridgehead atoms. The highest BCUT2D eigenvalue weighted by atomic mass is 19.4. The highest BCUT2D eigenvalue weighted by Gasteiger charge is 2.73. The Morgan fingerprint density at radius 3 is 2.00 bits per heavy atom. The Morgan fingerprint density at radius 1 is 1.10 bits per heavy atom. The number of carbonyl (C=O) groups is 1. The molecule has 0 aromatic heterocycles. The van der Waals surface area contributed by atoms with Gasteiger partial charge in [-0.15, -0.1) is 0 Å². The van der Waals surface area contributed by atoms with E-state index in [1.54, 1.807) is 0 Å². The van der Waals surface area contributed by atoms with Crippen LogP contribution in [0.4, 0.5) is 26.3 Å². The van der Waals surface area contributed by atoms with Gasteiger partial charge in [-0.3, -0.25) is 4.79 Å². The molecule has 1 aliphatic carbocycles. The number of esters is 1. The van der Waals surface area contributed by atoms with E-state index in [4.69, 9.17) is 0 Å². The van der Waals surface area contributed by atoms with Crippen LogP contribution in [0.5, 0.6) is 0 Å². The van der Waals surface area contributed by atoms with E-state index in [1.165, 1.54) is 0 Å². The van der Waals surface area contributed by atoms with Gasteiger partial charge in [-0.05, 0) is 26.2 Å². The van der Waals surface area contributed by atoms with Crippen molar-refractivity contribution in [2.75, 3.05) is 0 Å². The van der Waals surface area contributed by atoms with E-state index in [0.29, 0.717) is 12.8 Å². The Kier molecular flexibility index (Phi) is 4.62. The molecule has 0 saturated heterocycles. The minimum absolute atomic E-state index is 0.134. The van der Waals surface area contributed by atoms with Crippen LogP contribution in [0.1, 0.15) is 32.6 Å². The second-order valence-electron chi connectivity index (χ2n) is 4.97. The molecule has 0 heterocycles. The Labute approximate surface area is 110 Å². The monoisotopic (exact) mass is 308 g/mol. The number of hydrogen-bond acceptors (Lipinski definition) is 3. The van der Waals surface area contributed by atoms with Crippen LogP contribution in [0.2, 0.25) is 0 Å².